The molecule has 0 aliphatic carbocycles. The van der Waals surface area contributed by atoms with E-state index in [4.69, 9.17) is 4.74 Å². The monoisotopic (exact) mass is 480 g/mol. The Morgan fingerprint density at radius 1 is 1.06 bits per heavy atom. The molecule has 1 aromatic heterocycles. The van der Waals surface area contributed by atoms with Gasteiger partial charge in [-0.3, -0.25) is 9.36 Å². The highest BCUT2D eigenvalue weighted by Crippen LogP contribution is 2.31. The van der Waals surface area contributed by atoms with Gasteiger partial charge >= 0.3 is 0 Å². The van der Waals surface area contributed by atoms with Crippen LogP contribution in [0.25, 0.3) is 17.1 Å². The van der Waals surface area contributed by atoms with Crippen molar-refractivity contribution >= 4 is 17.7 Å². The molecule has 0 saturated heterocycles. The van der Waals surface area contributed by atoms with Crippen molar-refractivity contribution in [2.75, 3.05) is 7.11 Å². The van der Waals surface area contributed by atoms with E-state index in [1.165, 1.54) is 16.7 Å². The number of carbonyl (C=O) groups is 1. The fourth-order valence-electron chi connectivity index (χ4n) is 3.29. The lowest BCUT2D eigenvalue weighted by atomic mass is 10.2. The van der Waals surface area contributed by atoms with Crippen molar-refractivity contribution in [3.63, 3.8) is 0 Å². The molecule has 0 fully saturated rings. The van der Waals surface area contributed by atoms with E-state index in [1.807, 2.05) is 54.6 Å². The van der Waals surface area contributed by atoms with Gasteiger partial charge in [-0.15, -0.1) is 10.2 Å². The number of amides is 1. The number of methoxy groups -OCH3 is 1. The third-order valence-electron chi connectivity index (χ3n) is 5.09. The van der Waals surface area contributed by atoms with Crippen LogP contribution in [0.3, 0.4) is 0 Å². The molecule has 1 N–H and O–H groups in total. The first kappa shape index (κ1) is 23.4. The summed E-state index contributed by atoms with van der Waals surface area (Å²) in [5.41, 5.74) is 1.73. The lowest BCUT2D eigenvalue weighted by Crippen LogP contribution is -2.30. The molecule has 0 saturated carbocycles. The number of nitrogens with zero attached hydrogens (tertiary/aromatic N) is 3. The highest BCUT2D eigenvalue weighted by Gasteiger charge is 2.23. The van der Waals surface area contributed by atoms with Crippen molar-refractivity contribution < 1.29 is 18.3 Å². The van der Waals surface area contributed by atoms with E-state index < -0.39 is 16.9 Å². The van der Waals surface area contributed by atoms with Crippen LogP contribution in [0.15, 0.2) is 78.0 Å². The second kappa shape index (κ2) is 10.5. The van der Waals surface area contributed by atoms with Gasteiger partial charge in [0.2, 0.25) is 5.91 Å². The van der Waals surface area contributed by atoms with E-state index in [0.717, 1.165) is 29.1 Å². The summed E-state index contributed by atoms with van der Waals surface area (Å²) in [4.78, 5) is 12.7. The molecule has 1 amide bonds. The maximum Gasteiger partial charge on any atom is 0.233 e. The number of hydrogen-bond acceptors (Lipinski definition) is 5. The van der Waals surface area contributed by atoms with Crippen LogP contribution in [-0.4, -0.2) is 33.0 Å². The maximum absolute atomic E-state index is 14.7. The molecule has 4 rings (SSSR count). The first-order chi connectivity index (χ1) is 16.5. The number of halogens is 2. The standard InChI is InChI=1S/C25H22F2N4O2S/c1-16(24(32)28-15-17-8-11-20(33-2)12-9-17)34-25-30-29-23(18-6-4-3-5-7-18)31(25)22-13-10-19(26)14-21(22)27/h3-14,16H,15H2,1-2H3,(H,28,32)/t16-/m0/s1. The Bertz CT molecular complexity index is 1280. The van der Waals surface area contributed by atoms with Gasteiger partial charge in [-0.1, -0.05) is 54.2 Å². The molecule has 0 unspecified atom stereocenters. The lowest BCUT2D eigenvalue weighted by Gasteiger charge is -2.14. The Morgan fingerprint density at radius 3 is 2.47 bits per heavy atom. The minimum atomic E-state index is -0.754. The molecule has 0 aliphatic heterocycles. The van der Waals surface area contributed by atoms with Crippen LogP contribution in [-0.2, 0) is 11.3 Å². The highest BCUT2D eigenvalue weighted by molar-refractivity contribution is 8.00. The average molecular weight is 481 g/mol. The third kappa shape index (κ3) is 5.26. The van der Waals surface area contributed by atoms with Crippen LogP contribution in [0.5, 0.6) is 5.75 Å². The van der Waals surface area contributed by atoms with Crippen LogP contribution in [0, 0.1) is 11.6 Å². The fourth-order valence-corrected chi connectivity index (χ4v) is 4.17. The van der Waals surface area contributed by atoms with Crippen LogP contribution in [0.1, 0.15) is 12.5 Å². The number of hydrogen-bond donors (Lipinski definition) is 1. The Labute approximate surface area is 200 Å². The summed E-state index contributed by atoms with van der Waals surface area (Å²) in [5.74, 6) is -0.525. The van der Waals surface area contributed by atoms with Crippen LogP contribution in [0.2, 0.25) is 0 Å². The molecule has 0 spiro atoms. The molecule has 0 radical (unpaired) electrons. The Balaban J connectivity index is 1.57. The van der Waals surface area contributed by atoms with Crippen molar-refractivity contribution in [1.29, 1.82) is 0 Å². The second-order valence-corrected chi connectivity index (χ2v) is 8.74. The van der Waals surface area contributed by atoms with Gasteiger partial charge in [-0.25, -0.2) is 8.78 Å². The number of ether oxygens (including phenoxy) is 1. The number of nitrogens with one attached hydrogen (secondary N) is 1. The fraction of sp³-hybridized carbons (Fsp3) is 0.160. The van der Waals surface area contributed by atoms with E-state index in [2.05, 4.69) is 15.5 Å². The van der Waals surface area contributed by atoms with Crippen molar-refractivity contribution in [3.8, 4) is 22.8 Å². The Hall–Kier alpha value is -3.72. The molecule has 1 heterocycles. The first-order valence-corrected chi connectivity index (χ1v) is 11.4. The minimum Gasteiger partial charge on any atom is -0.497 e. The zero-order valence-electron chi connectivity index (χ0n) is 18.5. The molecule has 3 aromatic carbocycles. The summed E-state index contributed by atoms with van der Waals surface area (Å²) in [6.45, 7) is 2.08. The van der Waals surface area contributed by atoms with Crippen LogP contribution >= 0.6 is 11.8 Å². The van der Waals surface area contributed by atoms with E-state index in [0.29, 0.717) is 23.1 Å². The number of benzene rings is 3. The summed E-state index contributed by atoms with van der Waals surface area (Å²) in [7, 11) is 1.59. The Kier molecular flexibility index (Phi) is 7.22. The van der Waals surface area contributed by atoms with Crippen LogP contribution < -0.4 is 10.1 Å². The van der Waals surface area contributed by atoms with E-state index in [-0.39, 0.29) is 11.6 Å². The van der Waals surface area contributed by atoms with Crippen molar-refractivity contribution in [1.82, 2.24) is 20.1 Å². The number of carbonyl (C=O) groups excluding carboxylic acids is 1. The number of aromatic nitrogens is 3. The van der Waals surface area contributed by atoms with Crippen molar-refractivity contribution in [2.45, 2.75) is 23.9 Å². The first-order valence-electron chi connectivity index (χ1n) is 10.5. The minimum absolute atomic E-state index is 0.0959. The largest absolute Gasteiger partial charge is 0.497 e. The van der Waals surface area contributed by atoms with Gasteiger partial charge in [0.15, 0.2) is 11.0 Å². The zero-order chi connectivity index (χ0) is 24.1. The van der Waals surface area contributed by atoms with E-state index in [9.17, 15) is 13.6 Å². The molecule has 9 heteroatoms. The molecular weight excluding hydrogens is 458 g/mol. The van der Waals surface area contributed by atoms with Crippen molar-refractivity contribution in [2.24, 2.45) is 0 Å². The smallest absolute Gasteiger partial charge is 0.233 e. The Morgan fingerprint density at radius 2 is 1.79 bits per heavy atom. The van der Waals surface area contributed by atoms with Gasteiger partial charge in [-0.2, -0.15) is 0 Å². The van der Waals surface area contributed by atoms with Gasteiger partial charge < -0.3 is 10.1 Å². The predicted octanol–water partition coefficient (Wildman–Crippen LogP) is 5.02. The zero-order valence-corrected chi connectivity index (χ0v) is 19.4. The maximum atomic E-state index is 14.7. The second-order valence-electron chi connectivity index (χ2n) is 7.43. The molecule has 0 bridgehead atoms. The van der Waals surface area contributed by atoms with E-state index in [1.54, 1.807) is 14.0 Å². The van der Waals surface area contributed by atoms with Gasteiger partial charge in [0, 0.05) is 18.2 Å². The SMILES string of the molecule is COc1ccc(CNC(=O)[C@H](C)Sc2nnc(-c3ccccc3)n2-c2ccc(F)cc2F)cc1. The summed E-state index contributed by atoms with van der Waals surface area (Å²) in [6, 6.07) is 19.9. The highest BCUT2D eigenvalue weighted by atomic mass is 32.2. The summed E-state index contributed by atoms with van der Waals surface area (Å²) in [5, 5.41) is 11.1. The molecule has 1 atom stereocenters. The van der Waals surface area contributed by atoms with Crippen molar-refractivity contribution in [3.05, 3.63) is 90.0 Å². The van der Waals surface area contributed by atoms with Crippen LogP contribution in [0.4, 0.5) is 8.78 Å². The molecule has 34 heavy (non-hydrogen) atoms. The molecule has 6 nitrogen and oxygen atoms in total. The van der Waals surface area contributed by atoms with Gasteiger partial charge in [0.25, 0.3) is 0 Å². The van der Waals surface area contributed by atoms with Gasteiger partial charge in [0.05, 0.1) is 18.0 Å². The summed E-state index contributed by atoms with van der Waals surface area (Å²) >= 11 is 1.14. The average Bonchev–Trinajstić information content (AvgIpc) is 3.26. The normalized spacial score (nSPS) is 11.8. The number of thioether (sulfide) groups is 1. The lowest BCUT2D eigenvalue weighted by molar-refractivity contribution is -0.120. The molecule has 0 aliphatic rings. The van der Waals surface area contributed by atoms with Gasteiger partial charge in [0.1, 0.15) is 17.4 Å². The number of rotatable bonds is 8. The summed E-state index contributed by atoms with van der Waals surface area (Å²) < 4.78 is 34.9. The molecule has 4 aromatic rings. The molecular formula is C25H22F2N4O2S. The third-order valence-corrected chi connectivity index (χ3v) is 6.14. The van der Waals surface area contributed by atoms with Gasteiger partial charge in [-0.05, 0) is 36.8 Å². The summed E-state index contributed by atoms with van der Waals surface area (Å²) in [6.07, 6.45) is 0. The molecule has 174 valence electrons. The quantitative estimate of drug-likeness (QED) is 0.359. The topological polar surface area (TPSA) is 69.0 Å². The predicted molar refractivity (Wildman–Crippen MR) is 127 cm³/mol. The van der Waals surface area contributed by atoms with E-state index >= 15 is 0 Å².